The predicted octanol–water partition coefficient (Wildman–Crippen LogP) is 4.77. The van der Waals surface area contributed by atoms with Gasteiger partial charge in [-0.3, -0.25) is 4.79 Å². The van der Waals surface area contributed by atoms with Gasteiger partial charge in [-0.1, -0.05) is 53.7 Å². The maximum absolute atomic E-state index is 12.9. The van der Waals surface area contributed by atoms with Crippen molar-refractivity contribution < 1.29 is 14.3 Å². The number of carbonyl (C=O) groups is 2. The molecule has 2 aromatic carbocycles. The standard InChI is InChI=1S/C22H24N4O3S/c1-15-9-8-10-16(13-15)19-24-25-20(26(19)21(28)29-22(2,3)4)30-14-18(27)23-17-11-6-5-7-12-17/h5-13H,14H2,1-4H3,(H,23,27). The Hall–Kier alpha value is -3.13. The Morgan fingerprint density at radius 1 is 1.07 bits per heavy atom. The van der Waals surface area contributed by atoms with Crippen LogP contribution in [-0.4, -0.2) is 38.1 Å². The molecule has 0 saturated carbocycles. The Kier molecular flexibility index (Phi) is 6.56. The highest BCUT2D eigenvalue weighted by molar-refractivity contribution is 7.99. The van der Waals surface area contributed by atoms with Gasteiger partial charge in [-0.25, -0.2) is 9.36 Å². The van der Waals surface area contributed by atoms with Crippen molar-refractivity contribution in [1.29, 1.82) is 0 Å². The summed E-state index contributed by atoms with van der Waals surface area (Å²) in [6.07, 6.45) is -0.588. The number of aryl methyl sites for hydroxylation is 1. The number of carbonyl (C=O) groups excluding carboxylic acids is 2. The van der Waals surface area contributed by atoms with Crippen LogP contribution in [0.2, 0.25) is 0 Å². The lowest BCUT2D eigenvalue weighted by molar-refractivity contribution is -0.113. The fraction of sp³-hybridized carbons (Fsp3) is 0.273. The fourth-order valence-electron chi connectivity index (χ4n) is 2.66. The number of ether oxygens (including phenoxy) is 1. The molecular formula is C22H24N4O3S. The molecule has 1 heterocycles. The number of benzene rings is 2. The monoisotopic (exact) mass is 424 g/mol. The Morgan fingerprint density at radius 2 is 1.80 bits per heavy atom. The van der Waals surface area contributed by atoms with Crippen LogP contribution in [-0.2, 0) is 9.53 Å². The smallest absolute Gasteiger partial charge is 0.422 e. The first kappa shape index (κ1) is 21.6. The molecule has 0 fully saturated rings. The zero-order valence-corrected chi connectivity index (χ0v) is 18.2. The van der Waals surface area contributed by atoms with Gasteiger partial charge < -0.3 is 10.1 Å². The summed E-state index contributed by atoms with van der Waals surface area (Å²) in [5.74, 6) is 0.241. The molecule has 30 heavy (non-hydrogen) atoms. The highest BCUT2D eigenvalue weighted by Gasteiger charge is 2.26. The fourth-order valence-corrected chi connectivity index (χ4v) is 3.38. The number of hydrogen-bond donors (Lipinski definition) is 1. The highest BCUT2D eigenvalue weighted by atomic mass is 32.2. The van der Waals surface area contributed by atoms with Crippen LogP contribution in [0.25, 0.3) is 11.4 Å². The topological polar surface area (TPSA) is 86.1 Å². The molecule has 1 amide bonds. The second-order valence-electron chi connectivity index (χ2n) is 7.69. The number of nitrogens with zero attached hydrogens (tertiary/aromatic N) is 3. The first-order valence-electron chi connectivity index (χ1n) is 9.46. The number of anilines is 1. The zero-order valence-electron chi connectivity index (χ0n) is 17.4. The molecule has 0 aliphatic rings. The van der Waals surface area contributed by atoms with Gasteiger partial charge in [0.1, 0.15) is 5.60 Å². The highest BCUT2D eigenvalue weighted by Crippen LogP contribution is 2.26. The molecule has 1 aromatic heterocycles. The van der Waals surface area contributed by atoms with E-state index in [9.17, 15) is 9.59 Å². The SMILES string of the molecule is Cc1cccc(-c2nnc(SCC(=O)Nc3ccccc3)n2C(=O)OC(C)(C)C)c1. The van der Waals surface area contributed by atoms with Crippen LogP contribution in [0.3, 0.4) is 0 Å². The average Bonchev–Trinajstić information content (AvgIpc) is 3.10. The maximum Gasteiger partial charge on any atom is 0.422 e. The van der Waals surface area contributed by atoms with Gasteiger partial charge in [0, 0.05) is 11.3 Å². The van der Waals surface area contributed by atoms with Gasteiger partial charge in [0.15, 0.2) is 5.82 Å². The Balaban J connectivity index is 1.84. The van der Waals surface area contributed by atoms with Gasteiger partial charge >= 0.3 is 6.09 Å². The van der Waals surface area contributed by atoms with Crippen molar-refractivity contribution >= 4 is 29.4 Å². The van der Waals surface area contributed by atoms with Crippen LogP contribution in [0.4, 0.5) is 10.5 Å². The Bertz CT molecular complexity index is 1040. The average molecular weight is 425 g/mol. The lowest BCUT2D eigenvalue weighted by Gasteiger charge is -2.20. The van der Waals surface area contributed by atoms with E-state index in [0.717, 1.165) is 22.9 Å². The van der Waals surface area contributed by atoms with Crippen molar-refractivity contribution in [3.05, 3.63) is 60.2 Å². The molecule has 156 valence electrons. The van der Waals surface area contributed by atoms with E-state index >= 15 is 0 Å². The summed E-state index contributed by atoms with van der Waals surface area (Å²) < 4.78 is 6.87. The van der Waals surface area contributed by atoms with Crippen molar-refractivity contribution in [2.24, 2.45) is 0 Å². The van der Waals surface area contributed by atoms with Crippen LogP contribution >= 0.6 is 11.8 Å². The van der Waals surface area contributed by atoms with Crippen molar-refractivity contribution in [2.75, 3.05) is 11.1 Å². The van der Waals surface area contributed by atoms with Gasteiger partial charge in [0.25, 0.3) is 0 Å². The van der Waals surface area contributed by atoms with E-state index in [1.165, 1.54) is 4.57 Å². The summed E-state index contributed by atoms with van der Waals surface area (Å²) in [6.45, 7) is 7.34. The number of nitrogens with one attached hydrogen (secondary N) is 1. The van der Waals surface area contributed by atoms with Gasteiger partial charge in [-0.15, -0.1) is 10.2 Å². The molecule has 0 saturated heterocycles. The van der Waals surface area contributed by atoms with Crippen molar-refractivity contribution in [1.82, 2.24) is 14.8 Å². The van der Waals surface area contributed by atoms with E-state index in [4.69, 9.17) is 4.74 Å². The minimum Gasteiger partial charge on any atom is -0.443 e. The number of hydrogen-bond acceptors (Lipinski definition) is 6. The minimum atomic E-state index is -0.683. The molecule has 0 atom stereocenters. The summed E-state index contributed by atoms with van der Waals surface area (Å²) in [4.78, 5) is 25.2. The molecule has 1 N–H and O–H groups in total. The van der Waals surface area contributed by atoms with E-state index in [1.807, 2.05) is 61.5 Å². The molecule has 3 aromatic rings. The van der Waals surface area contributed by atoms with E-state index in [0.29, 0.717) is 16.7 Å². The minimum absolute atomic E-state index is 0.0731. The lowest BCUT2D eigenvalue weighted by Crippen LogP contribution is -2.28. The van der Waals surface area contributed by atoms with Gasteiger partial charge in [-0.2, -0.15) is 0 Å². The van der Waals surface area contributed by atoms with Gasteiger partial charge in [0.05, 0.1) is 5.75 Å². The summed E-state index contributed by atoms with van der Waals surface area (Å²) in [6, 6.07) is 16.8. The van der Waals surface area contributed by atoms with E-state index in [-0.39, 0.29) is 11.7 Å². The third kappa shape index (κ3) is 5.70. The van der Waals surface area contributed by atoms with Crippen molar-refractivity contribution in [3.8, 4) is 11.4 Å². The lowest BCUT2D eigenvalue weighted by atomic mass is 10.1. The molecular weight excluding hydrogens is 400 g/mol. The van der Waals surface area contributed by atoms with Crippen LogP contribution in [0.1, 0.15) is 26.3 Å². The van der Waals surface area contributed by atoms with E-state index < -0.39 is 11.7 Å². The predicted molar refractivity (Wildman–Crippen MR) is 118 cm³/mol. The van der Waals surface area contributed by atoms with E-state index in [2.05, 4.69) is 15.5 Å². The molecule has 7 nitrogen and oxygen atoms in total. The van der Waals surface area contributed by atoms with Crippen molar-refractivity contribution in [3.63, 3.8) is 0 Å². The third-order valence-electron chi connectivity index (χ3n) is 3.88. The normalized spacial score (nSPS) is 11.2. The maximum atomic E-state index is 12.9. The molecule has 0 radical (unpaired) electrons. The zero-order chi connectivity index (χ0) is 21.7. The molecule has 0 aliphatic heterocycles. The summed E-state index contributed by atoms with van der Waals surface area (Å²) in [5, 5.41) is 11.5. The second-order valence-corrected chi connectivity index (χ2v) is 8.64. The number of rotatable bonds is 5. The van der Waals surface area contributed by atoms with Gasteiger partial charge in [-0.05, 0) is 45.9 Å². The number of amides is 1. The number of aromatic nitrogens is 3. The first-order chi connectivity index (χ1) is 14.2. The first-order valence-corrected chi connectivity index (χ1v) is 10.4. The molecule has 0 aliphatic carbocycles. The third-order valence-corrected chi connectivity index (χ3v) is 4.80. The Labute approximate surface area is 179 Å². The van der Waals surface area contributed by atoms with E-state index in [1.54, 1.807) is 20.8 Å². The summed E-state index contributed by atoms with van der Waals surface area (Å²) >= 11 is 1.12. The summed E-state index contributed by atoms with van der Waals surface area (Å²) in [7, 11) is 0. The largest absolute Gasteiger partial charge is 0.443 e. The number of thioether (sulfide) groups is 1. The van der Waals surface area contributed by atoms with Crippen LogP contribution in [0.5, 0.6) is 0 Å². The van der Waals surface area contributed by atoms with Crippen LogP contribution in [0, 0.1) is 6.92 Å². The molecule has 0 bridgehead atoms. The quantitative estimate of drug-likeness (QED) is 0.594. The molecule has 3 rings (SSSR count). The number of para-hydroxylation sites is 1. The molecule has 0 unspecified atom stereocenters. The Morgan fingerprint density at radius 3 is 2.47 bits per heavy atom. The summed E-state index contributed by atoms with van der Waals surface area (Å²) in [5.41, 5.74) is 1.80. The van der Waals surface area contributed by atoms with Crippen molar-refractivity contribution in [2.45, 2.75) is 38.5 Å². The van der Waals surface area contributed by atoms with Crippen LogP contribution in [0.15, 0.2) is 59.8 Å². The molecule has 8 heteroatoms. The second kappa shape index (κ2) is 9.13. The van der Waals surface area contributed by atoms with Gasteiger partial charge in [0.2, 0.25) is 11.1 Å². The molecule has 0 spiro atoms. The van der Waals surface area contributed by atoms with Crippen LogP contribution < -0.4 is 5.32 Å².